The van der Waals surface area contributed by atoms with Gasteiger partial charge in [-0.2, -0.15) is 0 Å². The maximum atomic E-state index is 12.1. The SMILES string of the molecule is CCOC(=O)N1CCC(NC(=O)CCCn2c(C)ccc2C)CC1. The molecule has 0 atom stereocenters. The molecule has 2 rings (SSSR count). The van der Waals surface area contributed by atoms with E-state index in [-0.39, 0.29) is 18.0 Å². The Kier molecular flexibility index (Phi) is 6.70. The Labute approximate surface area is 144 Å². The summed E-state index contributed by atoms with van der Waals surface area (Å²) < 4.78 is 7.24. The zero-order valence-electron chi connectivity index (χ0n) is 15.0. The van der Waals surface area contributed by atoms with E-state index in [9.17, 15) is 9.59 Å². The van der Waals surface area contributed by atoms with Crippen molar-refractivity contribution in [3.05, 3.63) is 23.5 Å². The Hall–Kier alpha value is -1.98. The number of likely N-dealkylation sites (tertiary alicyclic amines) is 1. The lowest BCUT2D eigenvalue weighted by Crippen LogP contribution is -2.46. The lowest BCUT2D eigenvalue weighted by molar-refractivity contribution is -0.122. The number of carbonyl (C=O) groups is 2. The van der Waals surface area contributed by atoms with E-state index in [1.807, 2.05) is 6.92 Å². The van der Waals surface area contributed by atoms with Crippen LogP contribution in [0.3, 0.4) is 0 Å². The molecular formula is C18H29N3O3. The number of hydrogen-bond donors (Lipinski definition) is 1. The Morgan fingerprint density at radius 3 is 2.42 bits per heavy atom. The maximum absolute atomic E-state index is 12.1. The molecule has 0 aromatic carbocycles. The highest BCUT2D eigenvalue weighted by atomic mass is 16.6. The zero-order valence-corrected chi connectivity index (χ0v) is 15.0. The van der Waals surface area contributed by atoms with Crippen LogP contribution in [0.15, 0.2) is 12.1 Å². The highest BCUT2D eigenvalue weighted by Gasteiger charge is 2.24. The van der Waals surface area contributed by atoms with Gasteiger partial charge in [-0.15, -0.1) is 0 Å². The monoisotopic (exact) mass is 335 g/mol. The molecule has 24 heavy (non-hydrogen) atoms. The third kappa shape index (κ3) is 5.01. The second-order valence-electron chi connectivity index (χ2n) is 6.40. The molecule has 1 aromatic rings. The van der Waals surface area contributed by atoms with E-state index in [1.165, 1.54) is 11.4 Å². The summed E-state index contributed by atoms with van der Waals surface area (Å²) in [6.07, 6.45) is 2.71. The van der Waals surface area contributed by atoms with Gasteiger partial charge < -0.3 is 19.5 Å². The lowest BCUT2D eigenvalue weighted by Gasteiger charge is -2.31. The molecule has 2 heterocycles. The van der Waals surface area contributed by atoms with E-state index >= 15 is 0 Å². The number of aromatic nitrogens is 1. The molecule has 0 aliphatic carbocycles. The highest BCUT2D eigenvalue weighted by Crippen LogP contribution is 2.12. The van der Waals surface area contributed by atoms with Gasteiger partial charge in [0, 0.05) is 43.5 Å². The highest BCUT2D eigenvalue weighted by molar-refractivity contribution is 5.76. The summed E-state index contributed by atoms with van der Waals surface area (Å²) in [7, 11) is 0. The molecule has 0 bridgehead atoms. The van der Waals surface area contributed by atoms with Crippen LogP contribution < -0.4 is 5.32 Å². The van der Waals surface area contributed by atoms with Gasteiger partial charge in [0.2, 0.25) is 5.91 Å². The van der Waals surface area contributed by atoms with Crippen molar-refractivity contribution in [2.45, 2.75) is 59.0 Å². The van der Waals surface area contributed by atoms with Crippen LogP contribution in [0.4, 0.5) is 4.79 Å². The van der Waals surface area contributed by atoms with Crippen molar-refractivity contribution in [1.29, 1.82) is 0 Å². The average Bonchev–Trinajstić information content (AvgIpc) is 2.87. The quantitative estimate of drug-likeness (QED) is 0.869. The summed E-state index contributed by atoms with van der Waals surface area (Å²) in [5.74, 6) is 0.104. The molecule has 1 aromatic heterocycles. The summed E-state index contributed by atoms with van der Waals surface area (Å²) in [6, 6.07) is 4.37. The molecule has 6 nitrogen and oxygen atoms in total. The van der Waals surface area contributed by atoms with Crippen LogP contribution >= 0.6 is 0 Å². The van der Waals surface area contributed by atoms with Crippen molar-refractivity contribution >= 4 is 12.0 Å². The topological polar surface area (TPSA) is 63.6 Å². The number of rotatable bonds is 6. The minimum atomic E-state index is -0.250. The Morgan fingerprint density at radius 1 is 1.21 bits per heavy atom. The third-order valence-corrected chi connectivity index (χ3v) is 4.59. The van der Waals surface area contributed by atoms with Gasteiger partial charge in [0.05, 0.1) is 6.61 Å². The molecular weight excluding hydrogens is 306 g/mol. The number of nitrogens with zero attached hydrogens (tertiary/aromatic N) is 2. The molecule has 0 radical (unpaired) electrons. The van der Waals surface area contributed by atoms with Gasteiger partial charge in [-0.3, -0.25) is 4.79 Å². The zero-order chi connectivity index (χ0) is 17.5. The molecule has 1 fully saturated rings. The predicted octanol–water partition coefficient (Wildman–Crippen LogP) is 2.62. The standard InChI is InChI=1S/C18H29N3O3/c1-4-24-18(23)20-12-9-16(10-13-20)19-17(22)6-5-11-21-14(2)7-8-15(21)3/h7-8,16H,4-6,9-13H2,1-3H3,(H,19,22). The van der Waals surface area contributed by atoms with Crippen LogP contribution in [0, 0.1) is 13.8 Å². The maximum Gasteiger partial charge on any atom is 0.409 e. The van der Waals surface area contributed by atoms with Crippen LogP contribution in [0.25, 0.3) is 0 Å². The van der Waals surface area contributed by atoms with Crippen LogP contribution in [0.1, 0.15) is 44.0 Å². The first-order valence-electron chi connectivity index (χ1n) is 8.85. The lowest BCUT2D eigenvalue weighted by atomic mass is 10.1. The average molecular weight is 335 g/mol. The van der Waals surface area contributed by atoms with Crippen LogP contribution in [0.2, 0.25) is 0 Å². The van der Waals surface area contributed by atoms with Crippen LogP contribution in [0.5, 0.6) is 0 Å². The van der Waals surface area contributed by atoms with E-state index in [4.69, 9.17) is 4.74 Å². The van der Waals surface area contributed by atoms with Gasteiger partial charge in [-0.1, -0.05) is 0 Å². The number of hydrogen-bond acceptors (Lipinski definition) is 3. The molecule has 1 N–H and O–H groups in total. The number of nitrogens with one attached hydrogen (secondary N) is 1. The normalized spacial score (nSPS) is 15.4. The first kappa shape index (κ1) is 18.4. The van der Waals surface area contributed by atoms with Crippen molar-refractivity contribution in [2.75, 3.05) is 19.7 Å². The molecule has 1 saturated heterocycles. The fraction of sp³-hybridized carbons (Fsp3) is 0.667. The largest absolute Gasteiger partial charge is 0.450 e. The number of piperidine rings is 1. The first-order chi connectivity index (χ1) is 11.5. The van der Waals surface area contributed by atoms with Crippen molar-refractivity contribution in [1.82, 2.24) is 14.8 Å². The van der Waals surface area contributed by atoms with Crippen molar-refractivity contribution in [2.24, 2.45) is 0 Å². The van der Waals surface area contributed by atoms with E-state index < -0.39 is 0 Å². The molecule has 1 aliphatic heterocycles. The molecule has 134 valence electrons. The van der Waals surface area contributed by atoms with Crippen molar-refractivity contribution < 1.29 is 14.3 Å². The summed E-state index contributed by atoms with van der Waals surface area (Å²) in [6.45, 7) is 8.54. The van der Waals surface area contributed by atoms with Crippen LogP contribution in [-0.4, -0.2) is 47.2 Å². The Morgan fingerprint density at radius 2 is 1.83 bits per heavy atom. The Bertz CT molecular complexity index is 540. The van der Waals surface area contributed by atoms with Gasteiger partial charge in [0.1, 0.15) is 0 Å². The molecule has 6 heteroatoms. The number of amides is 2. The van der Waals surface area contributed by atoms with E-state index in [1.54, 1.807) is 4.90 Å². The molecule has 0 spiro atoms. The minimum Gasteiger partial charge on any atom is -0.450 e. The third-order valence-electron chi connectivity index (χ3n) is 4.59. The van der Waals surface area contributed by atoms with Gasteiger partial charge in [-0.25, -0.2) is 4.79 Å². The summed E-state index contributed by atoms with van der Waals surface area (Å²) in [4.78, 5) is 25.5. The smallest absolute Gasteiger partial charge is 0.409 e. The summed E-state index contributed by atoms with van der Waals surface area (Å²) in [5.41, 5.74) is 2.47. The van der Waals surface area contributed by atoms with E-state index in [0.717, 1.165) is 25.8 Å². The fourth-order valence-corrected chi connectivity index (χ4v) is 3.17. The van der Waals surface area contributed by atoms with Gasteiger partial charge in [0.25, 0.3) is 0 Å². The molecule has 0 saturated carbocycles. The van der Waals surface area contributed by atoms with Crippen LogP contribution in [-0.2, 0) is 16.1 Å². The van der Waals surface area contributed by atoms with Gasteiger partial charge in [-0.05, 0) is 52.2 Å². The molecule has 1 aliphatic rings. The van der Waals surface area contributed by atoms with E-state index in [0.29, 0.717) is 26.1 Å². The number of aryl methyl sites for hydroxylation is 2. The van der Waals surface area contributed by atoms with Gasteiger partial charge >= 0.3 is 6.09 Å². The molecule has 2 amide bonds. The summed E-state index contributed by atoms with van der Waals surface area (Å²) >= 11 is 0. The van der Waals surface area contributed by atoms with Crippen molar-refractivity contribution in [3.63, 3.8) is 0 Å². The second-order valence-corrected chi connectivity index (χ2v) is 6.40. The summed E-state index contributed by atoms with van der Waals surface area (Å²) in [5, 5.41) is 3.09. The first-order valence-corrected chi connectivity index (χ1v) is 8.85. The predicted molar refractivity (Wildman–Crippen MR) is 92.9 cm³/mol. The van der Waals surface area contributed by atoms with E-state index in [2.05, 4.69) is 35.9 Å². The number of ether oxygens (including phenoxy) is 1. The molecule has 0 unspecified atom stereocenters. The van der Waals surface area contributed by atoms with Crippen molar-refractivity contribution in [3.8, 4) is 0 Å². The minimum absolute atomic E-state index is 0.104. The Balaban J connectivity index is 1.66. The second kappa shape index (κ2) is 8.76. The van der Waals surface area contributed by atoms with Gasteiger partial charge in [0.15, 0.2) is 0 Å². The fourth-order valence-electron chi connectivity index (χ4n) is 3.17. The number of carbonyl (C=O) groups excluding carboxylic acids is 2.